The highest BCUT2D eigenvalue weighted by molar-refractivity contribution is 14.1. The summed E-state index contributed by atoms with van der Waals surface area (Å²) in [4.78, 5) is 57.8. The Balaban J connectivity index is 3.43. The molecule has 0 aliphatic carbocycles. The summed E-state index contributed by atoms with van der Waals surface area (Å²) in [6.07, 6.45) is 1.19. The van der Waals surface area contributed by atoms with Crippen LogP contribution in [0.25, 0.3) is 0 Å². The number of nitrogens with one attached hydrogen (secondary N) is 3. The molecular formula is C17H18I3N3O7. The Morgan fingerprint density at radius 3 is 1.93 bits per heavy atom. The topological polar surface area (TPSA) is 140 Å². The van der Waals surface area contributed by atoms with E-state index < -0.39 is 11.9 Å². The SMILES string of the molecule is CCCNC(=O)c1c(I)c(NC=O)c(I)c(C(=O)NC(COC=O)COC=O)c1I. The molecule has 0 saturated carbocycles. The van der Waals surface area contributed by atoms with Gasteiger partial charge in [-0.2, -0.15) is 0 Å². The highest BCUT2D eigenvalue weighted by Gasteiger charge is 2.28. The van der Waals surface area contributed by atoms with Crippen LogP contribution in [0.1, 0.15) is 34.1 Å². The fourth-order valence-electron chi connectivity index (χ4n) is 2.28. The number of amides is 3. The molecule has 1 aromatic rings. The molecule has 164 valence electrons. The third-order valence-corrected chi connectivity index (χ3v) is 6.81. The average molecular weight is 757 g/mol. The molecule has 3 amide bonds. The van der Waals surface area contributed by atoms with Crippen molar-refractivity contribution in [2.45, 2.75) is 19.4 Å². The van der Waals surface area contributed by atoms with Crippen molar-refractivity contribution in [3.8, 4) is 0 Å². The molecule has 13 heteroatoms. The number of hydrogen-bond acceptors (Lipinski definition) is 7. The molecule has 0 radical (unpaired) electrons. The Bertz CT molecular complexity index is 809. The smallest absolute Gasteiger partial charge is 0.293 e. The Morgan fingerprint density at radius 2 is 1.47 bits per heavy atom. The van der Waals surface area contributed by atoms with Crippen molar-refractivity contribution in [1.82, 2.24) is 10.6 Å². The number of halogens is 3. The van der Waals surface area contributed by atoms with Crippen LogP contribution < -0.4 is 16.0 Å². The van der Waals surface area contributed by atoms with Gasteiger partial charge >= 0.3 is 0 Å². The van der Waals surface area contributed by atoms with Crippen molar-refractivity contribution in [2.24, 2.45) is 0 Å². The highest BCUT2D eigenvalue weighted by Crippen LogP contribution is 2.35. The highest BCUT2D eigenvalue weighted by atomic mass is 127. The van der Waals surface area contributed by atoms with Gasteiger partial charge in [-0.1, -0.05) is 6.92 Å². The van der Waals surface area contributed by atoms with Crippen LogP contribution in [0.5, 0.6) is 0 Å². The van der Waals surface area contributed by atoms with E-state index in [1.54, 1.807) is 0 Å². The molecule has 0 unspecified atom stereocenters. The first-order chi connectivity index (χ1) is 14.3. The number of carbonyl (C=O) groups excluding carboxylic acids is 5. The van der Waals surface area contributed by atoms with Crippen LogP contribution in [0.15, 0.2) is 0 Å². The Kier molecular flexibility index (Phi) is 12.5. The third kappa shape index (κ3) is 7.17. The fourth-order valence-corrected chi connectivity index (χ4v) is 6.73. The van der Waals surface area contributed by atoms with Gasteiger partial charge in [-0.15, -0.1) is 0 Å². The molecule has 0 fully saturated rings. The van der Waals surface area contributed by atoms with Crippen molar-refractivity contribution < 1.29 is 33.4 Å². The summed E-state index contributed by atoms with van der Waals surface area (Å²) in [5, 5.41) is 7.92. The average Bonchev–Trinajstić information content (AvgIpc) is 2.71. The van der Waals surface area contributed by atoms with Gasteiger partial charge in [0, 0.05) is 10.1 Å². The molecule has 1 rings (SSSR count). The lowest BCUT2D eigenvalue weighted by Gasteiger charge is -2.21. The van der Waals surface area contributed by atoms with Crippen LogP contribution in [0, 0.1) is 10.7 Å². The molecule has 1 aromatic carbocycles. The molecule has 0 aliphatic rings. The maximum absolute atomic E-state index is 13.0. The third-order valence-electron chi connectivity index (χ3n) is 3.58. The van der Waals surface area contributed by atoms with E-state index in [0.29, 0.717) is 29.4 Å². The first-order valence-electron chi connectivity index (χ1n) is 8.44. The first kappa shape index (κ1) is 26.8. The van der Waals surface area contributed by atoms with Crippen LogP contribution >= 0.6 is 67.8 Å². The zero-order chi connectivity index (χ0) is 22.7. The largest absolute Gasteiger partial charge is 0.466 e. The van der Waals surface area contributed by atoms with Crippen molar-refractivity contribution in [1.29, 1.82) is 0 Å². The normalized spacial score (nSPS) is 10.2. The molecule has 0 heterocycles. The first-order valence-corrected chi connectivity index (χ1v) is 11.7. The molecule has 0 aromatic heterocycles. The van der Waals surface area contributed by atoms with E-state index in [0.717, 1.165) is 6.42 Å². The van der Waals surface area contributed by atoms with Crippen LogP contribution in [0.3, 0.4) is 0 Å². The van der Waals surface area contributed by atoms with E-state index in [4.69, 9.17) is 0 Å². The molecule has 0 aliphatic heterocycles. The molecular weight excluding hydrogens is 739 g/mol. The van der Waals surface area contributed by atoms with Crippen LogP contribution in [-0.2, 0) is 23.9 Å². The van der Waals surface area contributed by atoms with Gasteiger partial charge in [-0.25, -0.2) is 0 Å². The van der Waals surface area contributed by atoms with E-state index >= 15 is 0 Å². The van der Waals surface area contributed by atoms with Gasteiger partial charge in [0.15, 0.2) is 0 Å². The minimum absolute atomic E-state index is 0.157. The number of benzene rings is 1. The summed E-state index contributed by atoms with van der Waals surface area (Å²) in [6.45, 7) is 2.34. The van der Waals surface area contributed by atoms with Crippen molar-refractivity contribution in [2.75, 3.05) is 25.1 Å². The van der Waals surface area contributed by atoms with Crippen molar-refractivity contribution in [3.05, 3.63) is 21.8 Å². The lowest BCUT2D eigenvalue weighted by atomic mass is 10.1. The van der Waals surface area contributed by atoms with E-state index in [1.807, 2.05) is 74.7 Å². The van der Waals surface area contributed by atoms with Crippen molar-refractivity contribution in [3.63, 3.8) is 0 Å². The summed E-state index contributed by atoms with van der Waals surface area (Å²) in [7, 11) is 0. The van der Waals surface area contributed by atoms with Gasteiger partial charge in [-0.05, 0) is 74.2 Å². The number of carbonyl (C=O) groups is 5. The number of hydrogen-bond donors (Lipinski definition) is 3. The zero-order valence-corrected chi connectivity index (χ0v) is 22.1. The maximum Gasteiger partial charge on any atom is 0.293 e. The van der Waals surface area contributed by atoms with Gasteiger partial charge in [0.2, 0.25) is 6.41 Å². The molecule has 0 bridgehead atoms. The molecule has 0 atom stereocenters. The van der Waals surface area contributed by atoms with Gasteiger partial charge < -0.3 is 25.4 Å². The molecule has 10 nitrogen and oxygen atoms in total. The minimum Gasteiger partial charge on any atom is -0.466 e. The maximum atomic E-state index is 13.0. The fraction of sp³-hybridized carbons (Fsp3) is 0.353. The summed E-state index contributed by atoms with van der Waals surface area (Å²) in [5.74, 6) is -0.970. The summed E-state index contributed by atoms with van der Waals surface area (Å²) in [6, 6.07) is -0.807. The molecule has 30 heavy (non-hydrogen) atoms. The number of ether oxygens (including phenoxy) is 2. The van der Waals surface area contributed by atoms with Crippen molar-refractivity contribution >= 4 is 105 Å². The predicted molar refractivity (Wildman–Crippen MR) is 132 cm³/mol. The lowest BCUT2D eigenvalue weighted by Crippen LogP contribution is -2.42. The predicted octanol–water partition coefficient (Wildman–Crippen LogP) is 1.65. The zero-order valence-electron chi connectivity index (χ0n) is 15.6. The number of rotatable bonds is 13. The van der Waals surface area contributed by atoms with E-state index in [2.05, 4.69) is 25.4 Å². The van der Waals surface area contributed by atoms with Gasteiger partial charge in [0.1, 0.15) is 13.2 Å². The van der Waals surface area contributed by atoms with Crippen LogP contribution in [0.4, 0.5) is 5.69 Å². The van der Waals surface area contributed by atoms with Gasteiger partial charge in [0.25, 0.3) is 24.8 Å². The monoisotopic (exact) mass is 757 g/mol. The summed E-state index contributed by atoms with van der Waals surface area (Å²) < 4.78 is 10.6. The second-order valence-corrected chi connectivity index (χ2v) is 8.85. The van der Waals surface area contributed by atoms with E-state index in [-0.39, 0.29) is 43.2 Å². The van der Waals surface area contributed by atoms with Gasteiger partial charge in [-0.3, -0.25) is 24.0 Å². The second kappa shape index (κ2) is 13.9. The molecule has 0 saturated heterocycles. The molecule has 3 N–H and O–H groups in total. The van der Waals surface area contributed by atoms with E-state index in [1.165, 1.54) is 0 Å². The van der Waals surface area contributed by atoms with Crippen LogP contribution in [0.2, 0.25) is 0 Å². The number of anilines is 1. The standard InChI is InChI=1S/C17H18I3N3O7/c1-2-3-21-16(27)10-12(18)11(14(20)15(13(10)19)22-6-24)17(28)23-9(4-29-7-25)5-30-8-26/h6-9H,2-5H2,1H3,(H,21,27)(H,22,24)(H,23,28). The lowest BCUT2D eigenvalue weighted by molar-refractivity contribution is -0.132. The van der Waals surface area contributed by atoms with Gasteiger partial charge in [0.05, 0.1) is 30.0 Å². The summed E-state index contributed by atoms with van der Waals surface area (Å²) >= 11 is 5.75. The Hall–Kier alpha value is -1.24. The quantitative estimate of drug-likeness (QED) is 0.206. The minimum atomic E-state index is -0.807. The Morgan fingerprint density at radius 1 is 0.933 bits per heavy atom. The Labute approximate surface area is 213 Å². The van der Waals surface area contributed by atoms with Crippen LogP contribution in [-0.4, -0.2) is 57.0 Å². The second-order valence-electron chi connectivity index (χ2n) is 5.61. The molecule has 0 spiro atoms. The van der Waals surface area contributed by atoms with E-state index in [9.17, 15) is 24.0 Å². The summed E-state index contributed by atoms with van der Waals surface area (Å²) in [5.41, 5.74) is 0.734.